The number of ether oxygens (including phenoxy) is 1. The summed E-state index contributed by atoms with van der Waals surface area (Å²) in [5, 5.41) is 12.7. The number of amides is 1. The minimum absolute atomic E-state index is 0.264. The lowest BCUT2D eigenvalue weighted by molar-refractivity contribution is -0.174. The molecular formula is C15H20N2O4. The van der Waals surface area contributed by atoms with Gasteiger partial charge in [0.05, 0.1) is 13.2 Å². The van der Waals surface area contributed by atoms with Gasteiger partial charge >= 0.3 is 5.97 Å². The average Bonchev–Trinajstić information content (AvgIpc) is 2.48. The molecule has 6 heteroatoms. The standard InChI is InChI=1S/C15H20N2O4/c1-12(18)17(16-7-9-21-10-8-16)14(15(19)20)11-13-5-3-2-4-6-13/h2-6,14H,7-11H2,1H3,(H,19,20)/t14-/m0/s1. The fraction of sp³-hybridized carbons (Fsp3) is 0.467. The maximum Gasteiger partial charge on any atom is 0.328 e. The van der Waals surface area contributed by atoms with Crippen molar-refractivity contribution in [3.63, 3.8) is 0 Å². The number of nitrogens with zero attached hydrogens (tertiary/aromatic N) is 2. The van der Waals surface area contributed by atoms with Crippen molar-refractivity contribution in [1.29, 1.82) is 0 Å². The molecule has 0 bridgehead atoms. The van der Waals surface area contributed by atoms with E-state index in [9.17, 15) is 14.7 Å². The lowest BCUT2D eigenvalue weighted by Crippen LogP contribution is -2.58. The van der Waals surface area contributed by atoms with E-state index in [0.29, 0.717) is 26.3 Å². The summed E-state index contributed by atoms with van der Waals surface area (Å²) in [7, 11) is 0. The fourth-order valence-electron chi connectivity index (χ4n) is 2.50. The first-order valence-corrected chi connectivity index (χ1v) is 6.98. The van der Waals surface area contributed by atoms with E-state index in [1.165, 1.54) is 11.9 Å². The maximum atomic E-state index is 12.0. The van der Waals surface area contributed by atoms with Crippen molar-refractivity contribution < 1.29 is 19.4 Å². The zero-order chi connectivity index (χ0) is 15.2. The van der Waals surface area contributed by atoms with E-state index >= 15 is 0 Å². The van der Waals surface area contributed by atoms with Crippen LogP contribution in [0.2, 0.25) is 0 Å². The number of carbonyl (C=O) groups excluding carboxylic acids is 1. The summed E-state index contributed by atoms with van der Waals surface area (Å²) in [6.07, 6.45) is 0.285. The summed E-state index contributed by atoms with van der Waals surface area (Å²) >= 11 is 0. The molecule has 1 aliphatic rings. The second kappa shape index (κ2) is 7.19. The van der Waals surface area contributed by atoms with Crippen LogP contribution in [0.25, 0.3) is 0 Å². The Morgan fingerprint density at radius 2 is 1.90 bits per heavy atom. The topological polar surface area (TPSA) is 70.1 Å². The van der Waals surface area contributed by atoms with E-state index in [-0.39, 0.29) is 12.3 Å². The van der Waals surface area contributed by atoms with Gasteiger partial charge in [0.25, 0.3) is 0 Å². The number of aliphatic carboxylic acids is 1. The quantitative estimate of drug-likeness (QED) is 0.868. The van der Waals surface area contributed by atoms with Gasteiger partial charge in [-0.2, -0.15) is 0 Å². The van der Waals surface area contributed by atoms with Crippen LogP contribution >= 0.6 is 0 Å². The third kappa shape index (κ3) is 4.03. The second-order valence-corrected chi connectivity index (χ2v) is 4.97. The number of benzene rings is 1. The number of hydrazine groups is 1. The second-order valence-electron chi connectivity index (χ2n) is 4.97. The molecule has 0 aliphatic carbocycles. The molecule has 114 valence electrons. The lowest BCUT2D eigenvalue weighted by atomic mass is 10.1. The molecule has 1 saturated heterocycles. The molecule has 1 fully saturated rings. The first-order chi connectivity index (χ1) is 10.1. The highest BCUT2D eigenvalue weighted by molar-refractivity contribution is 5.82. The van der Waals surface area contributed by atoms with Crippen molar-refractivity contribution in [2.45, 2.75) is 19.4 Å². The van der Waals surface area contributed by atoms with Gasteiger partial charge in [-0.25, -0.2) is 9.80 Å². The van der Waals surface area contributed by atoms with Crippen LogP contribution in [0, 0.1) is 0 Å². The van der Waals surface area contributed by atoms with E-state index in [0.717, 1.165) is 5.56 Å². The number of morpholine rings is 1. The highest BCUT2D eigenvalue weighted by Gasteiger charge is 2.33. The van der Waals surface area contributed by atoms with Crippen LogP contribution in [0.5, 0.6) is 0 Å². The van der Waals surface area contributed by atoms with Crippen molar-refractivity contribution in [1.82, 2.24) is 10.0 Å². The molecule has 1 atom stereocenters. The zero-order valence-corrected chi connectivity index (χ0v) is 12.1. The molecule has 0 saturated carbocycles. The minimum Gasteiger partial charge on any atom is -0.480 e. The van der Waals surface area contributed by atoms with Gasteiger partial charge in [0, 0.05) is 26.4 Å². The molecule has 1 amide bonds. The number of rotatable bonds is 5. The minimum atomic E-state index is -0.999. The fourth-order valence-corrected chi connectivity index (χ4v) is 2.50. The van der Waals surface area contributed by atoms with Crippen LogP contribution in [0.1, 0.15) is 12.5 Å². The molecule has 2 rings (SSSR count). The summed E-state index contributed by atoms with van der Waals surface area (Å²) in [5.74, 6) is -1.26. The van der Waals surface area contributed by atoms with Crippen LogP contribution < -0.4 is 0 Å². The smallest absolute Gasteiger partial charge is 0.328 e. The molecule has 0 radical (unpaired) electrons. The zero-order valence-electron chi connectivity index (χ0n) is 12.1. The van der Waals surface area contributed by atoms with Crippen LogP contribution in [-0.2, 0) is 20.7 Å². The molecule has 21 heavy (non-hydrogen) atoms. The van der Waals surface area contributed by atoms with Gasteiger partial charge in [0.2, 0.25) is 5.91 Å². The number of carboxylic acid groups (broad SMARTS) is 1. The maximum absolute atomic E-state index is 12.0. The Bertz CT molecular complexity index is 486. The number of carbonyl (C=O) groups is 2. The normalized spacial score (nSPS) is 17.2. The van der Waals surface area contributed by atoms with Gasteiger partial charge < -0.3 is 9.84 Å². The highest BCUT2D eigenvalue weighted by Crippen LogP contribution is 2.14. The van der Waals surface area contributed by atoms with Crippen molar-refractivity contribution in [2.75, 3.05) is 26.3 Å². The van der Waals surface area contributed by atoms with Crippen molar-refractivity contribution in [2.24, 2.45) is 0 Å². The Hall–Kier alpha value is -1.92. The predicted octanol–water partition coefficient (Wildman–Crippen LogP) is 0.778. The van der Waals surface area contributed by atoms with Gasteiger partial charge in [-0.1, -0.05) is 30.3 Å². The van der Waals surface area contributed by atoms with Crippen molar-refractivity contribution in [3.8, 4) is 0 Å². The van der Waals surface area contributed by atoms with Gasteiger partial charge in [0.1, 0.15) is 6.04 Å². The van der Waals surface area contributed by atoms with Crippen LogP contribution in [0.15, 0.2) is 30.3 Å². The number of hydrogen-bond donors (Lipinski definition) is 1. The summed E-state index contributed by atoms with van der Waals surface area (Å²) in [6, 6.07) is 8.44. The van der Waals surface area contributed by atoms with E-state index < -0.39 is 12.0 Å². The molecule has 0 spiro atoms. The van der Waals surface area contributed by atoms with Gasteiger partial charge in [-0.3, -0.25) is 9.80 Å². The van der Waals surface area contributed by atoms with E-state index in [4.69, 9.17) is 4.74 Å². The van der Waals surface area contributed by atoms with Crippen LogP contribution in [0.4, 0.5) is 0 Å². The van der Waals surface area contributed by atoms with Gasteiger partial charge in [0.15, 0.2) is 0 Å². The SMILES string of the molecule is CC(=O)N([C@@H](Cc1ccccc1)C(=O)O)N1CCOCC1. The first kappa shape index (κ1) is 15.5. The Balaban J connectivity index is 2.20. The van der Waals surface area contributed by atoms with Crippen molar-refractivity contribution >= 4 is 11.9 Å². The molecule has 1 aromatic carbocycles. The molecule has 1 heterocycles. The Labute approximate surface area is 123 Å². The lowest BCUT2D eigenvalue weighted by Gasteiger charge is -2.40. The molecular weight excluding hydrogens is 272 g/mol. The van der Waals surface area contributed by atoms with E-state index in [1.807, 2.05) is 30.3 Å². The molecule has 0 aromatic heterocycles. The first-order valence-electron chi connectivity index (χ1n) is 6.98. The third-order valence-electron chi connectivity index (χ3n) is 3.47. The monoisotopic (exact) mass is 292 g/mol. The Morgan fingerprint density at radius 3 is 2.43 bits per heavy atom. The molecule has 6 nitrogen and oxygen atoms in total. The van der Waals surface area contributed by atoms with Gasteiger partial charge in [-0.15, -0.1) is 0 Å². The van der Waals surface area contributed by atoms with Gasteiger partial charge in [-0.05, 0) is 5.56 Å². The summed E-state index contributed by atoms with van der Waals surface area (Å²) < 4.78 is 5.26. The van der Waals surface area contributed by atoms with Crippen LogP contribution in [0.3, 0.4) is 0 Å². The summed E-state index contributed by atoms with van der Waals surface area (Å²) in [5.41, 5.74) is 0.893. The third-order valence-corrected chi connectivity index (χ3v) is 3.47. The number of carboxylic acids is 1. The number of hydrogen-bond acceptors (Lipinski definition) is 4. The largest absolute Gasteiger partial charge is 0.480 e. The van der Waals surface area contributed by atoms with Crippen LogP contribution in [-0.4, -0.2) is 59.3 Å². The Kier molecular flexibility index (Phi) is 5.30. The Morgan fingerprint density at radius 1 is 1.29 bits per heavy atom. The predicted molar refractivity (Wildman–Crippen MR) is 76.5 cm³/mol. The average molecular weight is 292 g/mol. The molecule has 1 aromatic rings. The molecule has 1 N–H and O–H groups in total. The highest BCUT2D eigenvalue weighted by atomic mass is 16.5. The van der Waals surface area contributed by atoms with E-state index in [1.54, 1.807) is 5.01 Å². The summed E-state index contributed by atoms with van der Waals surface area (Å²) in [6.45, 7) is 3.45. The molecule has 1 aliphatic heterocycles. The molecule has 0 unspecified atom stereocenters. The van der Waals surface area contributed by atoms with Crippen molar-refractivity contribution in [3.05, 3.63) is 35.9 Å². The van der Waals surface area contributed by atoms with E-state index in [2.05, 4.69) is 0 Å². The summed E-state index contributed by atoms with van der Waals surface area (Å²) in [4.78, 5) is 23.6.